The molecule has 1 aliphatic heterocycles. The summed E-state index contributed by atoms with van der Waals surface area (Å²) >= 11 is 0. The Kier molecular flexibility index (Phi) is 10.8. The summed E-state index contributed by atoms with van der Waals surface area (Å²) in [5.41, 5.74) is 2.16. The number of aliphatic hydroxyl groups is 1. The number of anilines is 2. The SMILES string of the molecule is CCS(=O)(=O)c1ccc(NCC#Cc2cc3c(NC4CCN(CCOCCO)CC4)cccc3n2CC(F)(F)F)cc1. The maximum Gasteiger partial charge on any atom is 0.406 e. The number of benzene rings is 2. The van der Waals surface area contributed by atoms with Crippen molar-refractivity contribution in [3.63, 3.8) is 0 Å². The van der Waals surface area contributed by atoms with E-state index in [2.05, 4.69) is 27.4 Å². The van der Waals surface area contributed by atoms with E-state index in [9.17, 15) is 21.6 Å². The molecule has 42 heavy (non-hydrogen) atoms. The van der Waals surface area contributed by atoms with Crippen LogP contribution in [0, 0.1) is 11.8 Å². The predicted octanol–water partition coefficient (Wildman–Crippen LogP) is 4.35. The monoisotopic (exact) mass is 606 g/mol. The zero-order chi connectivity index (χ0) is 30.2. The molecule has 2 aromatic carbocycles. The summed E-state index contributed by atoms with van der Waals surface area (Å²) in [7, 11) is -3.30. The van der Waals surface area contributed by atoms with Gasteiger partial charge in [-0.1, -0.05) is 18.9 Å². The second-order valence-corrected chi connectivity index (χ2v) is 12.4. The number of aliphatic hydroxyl groups excluding tert-OH is 1. The van der Waals surface area contributed by atoms with E-state index >= 15 is 0 Å². The number of likely N-dealkylation sites (tertiary alicyclic amines) is 1. The molecule has 3 aromatic rings. The van der Waals surface area contributed by atoms with Gasteiger partial charge in [-0.3, -0.25) is 0 Å². The molecule has 2 heterocycles. The number of fused-ring (bicyclic) bond motifs is 1. The summed E-state index contributed by atoms with van der Waals surface area (Å²) in [6.07, 6.45) is -2.63. The van der Waals surface area contributed by atoms with E-state index in [1.165, 1.54) is 16.7 Å². The molecule has 0 unspecified atom stereocenters. The van der Waals surface area contributed by atoms with E-state index in [4.69, 9.17) is 9.84 Å². The molecular weight excluding hydrogens is 569 g/mol. The van der Waals surface area contributed by atoms with Crippen molar-refractivity contribution >= 4 is 32.1 Å². The molecule has 1 fully saturated rings. The van der Waals surface area contributed by atoms with Crippen LogP contribution in [-0.4, -0.2) is 87.0 Å². The van der Waals surface area contributed by atoms with Crippen LogP contribution < -0.4 is 10.6 Å². The highest BCUT2D eigenvalue weighted by molar-refractivity contribution is 7.91. The lowest BCUT2D eigenvalue weighted by atomic mass is 10.0. The minimum Gasteiger partial charge on any atom is -0.394 e. The van der Waals surface area contributed by atoms with Crippen molar-refractivity contribution in [1.82, 2.24) is 9.47 Å². The van der Waals surface area contributed by atoms with E-state index < -0.39 is 22.6 Å². The fraction of sp³-hybridized carbons (Fsp3) is 0.467. The lowest BCUT2D eigenvalue weighted by molar-refractivity contribution is -0.140. The van der Waals surface area contributed by atoms with Gasteiger partial charge in [0.05, 0.1) is 48.2 Å². The van der Waals surface area contributed by atoms with E-state index in [1.807, 2.05) is 6.07 Å². The molecule has 0 aliphatic carbocycles. The van der Waals surface area contributed by atoms with Gasteiger partial charge >= 0.3 is 6.18 Å². The Labute approximate surface area is 244 Å². The summed E-state index contributed by atoms with van der Waals surface area (Å²) in [6.45, 7) is 4.07. The van der Waals surface area contributed by atoms with Gasteiger partial charge in [-0.25, -0.2) is 8.42 Å². The van der Waals surface area contributed by atoms with E-state index in [1.54, 1.807) is 37.3 Å². The van der Waals surface area contributed by atoms with Gasteiger partial charge in [-0.15, -0.1) is 0 Å². The second kappa shape index (κ2) is 14.3. The van der Waals surface area contributed by atoms with E-state index in [0.29, 0.717) is 29.8 Å². The van der Waals surface area contributed by atoms with Crippen LogP contribution in [0.25, 0.3) is 10.9 Å². The highest BCUT2D eigenvalue weighted by atomic mass is 32.2. The molecule has 4 rings (SSSR count). The van der Waals surface area contributed by atoms with Crippen LogP contribution in [0.2, 0.25) is 0 Å². The van der Waals surface area contributed by atoms with Crippen molar-refractivity contribution in [2.45, 2.75) is 43.4 Å². The molecule has 0 saturated carbocycles. The highest BCUT2D eigenvalue weighted by Gasteiger charge is 2.30. The first kappa shape index (κ1) is 31.7. The molecule has 3 N–H and O–H groups in total. The Hall–Kier alpha value is -3.24. The van der Waals surface area contributed by atoms with Crippen LogP contribution in [-0.2, 0) is 21.1 Å². The number of hydrogen-bond donors (Lipinski definition) is 3. The smallest absolute Gasteiger partial charge is 0.394 e. The number of rotatable bonds is 12. The van der Waals surface area contributed by atoms with Crippen molar-refractivity contribution in [2.75, 3.05) is 62.4 Å². The number of aromatic nitrogens is 1. The van der Waals surface area contributed by atoms with Gasteiger partial charge < -0.3 is 29.9 Å². The van der Waals surface area contributed by atoms with Gasteiger partial charge in [0.2, 0.25) is 0 Å². The first-order chi connectivity index (χ1) is 20.1. The maximum atomic E-state index is 13.6. The minimum absolute atomic E-state index is 0.00978. The molecule has 0 radical (unpaired) electrons. The average molecular weight is 607 g/mol. The summed E-state index contributed by atoms with van der Waals surface area (Å²) in [5.74, 6) is 5.81. The molecule has 1 saturated heterocycles. The van der Waals surface area contributed by atoms with Crippen LogP contribution in [0.4, 0.5) is 24.5 Å². The van der Waals surface area contributed by atoms with Crippen molar-refractivity contribution in [1.29, 1.82) is 0 Å². The van der Waals surface area contributed by atoms with Crippen LogP contribution in [0.1, 0.15) is 25.5 Å². The Morgan fingerprint density at radius 1 is 1.10 bits per heavy atom. The Morgan fingerprint density at radius 2 is 1.83 bits per heavy atom. The number of nitrogens with zero attached hydrogens (tertiary/aromatic N) is 2. The van der Waals surface area contributed by atoms with Crippen molar-refractivity contribution in [2.24, 2.45) is 0 Å². The van der Waals surface area contributed by atoms with Crippen molar-refractivity contribution in [3.8, 4) is 11.8 Å². The van der Waals surface area contributed by atoms with Gasteiger partial charge in [0.15, 0.2) is 9.84 Å². The Balaban J connectivity index is 1.46. The first-order valence-electron chi connectivity index (χ1n) is 14.0. The Morgan fingerprint density at radius 3 is 2.50 bits per heavy atom. The number of alkyl halides is 3. The number of halogens is 3. The van der Waals surface area contributed by atoms with Gasteiger partial charge in [0, 0.05) is 42.4 Å². The minimum atomic E-state index is -4.42. The number of nitrogens with one attached hydrogen (secondary N) is 2. The quantitative estimate of drug-likeness (QED) is 0.209. The molecule has 0 spiro atoms. The molecule has 12 heteroatoms. The van der Waals surface area contributed by atoms with Gasteiger partial charge in [-0.2, -0.15) is 13.2 Å². The fourth-order valence-corrected chi connectivity index (χ4v) is 5.86. The summed E-state index contributed by atoms with van der Waals surface area (Å²) in [6, 6.07) is 13.5. The highest BCUT2D eigenvalue weighted by Crippen LogP contribution is 2.31. The topological polar surface area (TPSA) is 95.8 Å². The van der Waals surface area contributed by atoms with Crippen LogP contribution in [0.5, 0.6) is 0 Å². The number of piperidine rings is 1. The van der Waals surface area contributed by atoms with Gasteiger partial charge in [0.25, 0.3) is 0 Å². The molecule has 1 aliphatic rings. The third-order valence-electron chi connectivity index (χ3n) is 7.21. The predicted molar refractivity (Wildman–Crippen MR) is 159 cm³/mol. The van der Waals surface area contributed by atoms with Gasteiger partial charge in [0.1, 0.15) is 6.54 Å². The molecule has 0 atom stereocenters. The van der Waals surface area contributed by atoms with Crippen LogP contribution in [0.3, 0.4) is 0 Å². The zero-order valence-corrected chi connectivity index (χ0v) is 24.4. The average Bonchev–Trinajstić information content (AvgIpc) is 3.31. The third-order valence-corrected chi connectivity index (χ3v) is 8.96. The molecular formula is C30H37F3N4O4S. The number of sulfone groups is 1. The lowest BCUT2D eigenvalue weighted by Gasteiger charge is -2.32. The number of ether oxygens (including phenoxy) is 1. The van der Waals surface area contributed by atoms with E-state index in [-0.39, 0.29) is 35.5 Å². The molecule has 228 valence electrons. The molecule has 0 amide bonds. The largest absolute Gasteiger partial charge is 0.406 e. The van der Waals surface area contributed by atoms with Crippen LogP contribution in [0.15, 0.2) is 53.4 Å². The second-order valence-electron chi connectivity index (χ2n) is 10.1. The molecule has 1 aromatic heterocycles. The standard InChI is InChI=1S/C30H37F3N4O4S/c1-2-42(39,40)26-10-8-23(9-11-26)34-14-4-5-25-21-27-28(6-3-7-29(27)37(25)22-30(31,32)33)35-24-12-15-36(16-13-24)17-19-41-20-18-38/h3,6-11,21,24,34-35,38H,2,12-20,22H2,1H3. The Bertz CT molecular complexity index is 1490. The first-order valence-corrected chi connectivity index (χ1v) is 15.7. The van der Waals surface area contributed by atoms with Crippen molar-refractivity contribution < 1.29 is 31.4 Å². The third kappa shape index (κ3) is 8.64. The summed E-state index contributed by atoms with van der Waals surface area (Å²) in [4.78, 5) is 2.54. The summed E-state index contributed by atoms with van der Waals surface area (Å²) < 4.78 is 71.2. The van der Waals surface area contributed by atoms with Crippen molar-refractivity contribution in [3.05, 3.63) is 54.2 Å². The fourth-order valence-electron chi connectivity index (χ4n) is 4.97. The molecule has 8 nitrogen and oxygen atoms in total. The van der Waals surface area contributed by atoms with E-state index in [0.717, 1.165) is 38.2 Å². The lowest BCUT2D eigenvalue weighted by Crippen LogP contribution is -2.40. The van der Waals surface area contributed by atoms with Crippen LogP contribution >= 0.6 is 0 Å². The normalized spacial score (nSPS) is 15.0. The molecule has 0 bridgehead atoms. The van der Waals surface area contributed by atoms with Gasteiger partial charge in [-0.05, 0) is 61.2 Å². The maximum absolute atomic E-state index is 13.6. The number of hydrogen-bond acceptors (Lipinski definition) is 7. The zero-order valence-electron chi connectivity index (χ0n) is 23.6. The summed E-state index contributed by atoms with van der Waals surface area (Å²) in [5, 5.41) is 16.1.